The smallest absolute Gasteiger partial charge is 0.172 e. The van der Waals surface area contributed by atoms with Crippen molar-refractivity contribution in [1.82, 2.24) is 0 Å². The Morgan fingerprint density at radius 1 is 1.00 bits per heavy atom. The SMILES string of the molecule is CC1(C)CC(=O)C2(C(=O)C1)C(c1ccccc1)C2(C#N)C#N. The Bertz CT molecular complexity index is 716. The first-order valence-corrected chi connectivity index (χ1v) is 7.30. The summed E-state index contributed by atoms with van der Waals surface area (Å²) in [6.45, 7) is 3.74. The van der Waals surface area contributed by atoms with Gasteiger partial charge in [0.15, 0.2) is 5.41 Å². The van der Waals surface area contributed by atoms with Crippen LogP contribution in [0.25, 0.3) is 0 Å². The van der Waals surface area contributed by atoms with Crippen molar-refractivity contribution in [2.24, 2.45) is 16.2 Å². The molecule has 0 aliphatic heterocycles. The molecule has 1 aromatic carbocycles. The van der Waals surface area contributed by atoms with E-state index in [1.54, 1.807) is 24.3 Å². The lowest BCUT2D eigenvalue weighted by atomic mass is 9.67. The largest absolute Gasteiger partial charge is 0.298 e. The Morgan fingerprint density at radius 2 is 1.50 bits per heavy atom. The van der Waals surface area contributed by atoms with Crippen LogP contribution in [-0.2, 0) is 9.59 Å². The molecule has 0 N–H and O–H groups in total. The summed E-state index contributed by atoms with van der Waals surface area (Å²) in [6, 6.07) is 13.0. The molecule has 110 valence electrons. The summed E-state index contributed by atoms with van der Waals surface area (Å²) in [5.41, 5.74) is -2.71. The second-order valence-corrected chi connectivity index (χ2v) is 7.05. The third kappa shape index (κ3) is 1.50. The normalized spacial score (nSPS) is 27.0. The van der Waals surface area contributed by atoms with Crippen molar-refractivity contribution in [3.63, 3.8) is 0 Å². The van der Waals surface area contributed by atoms with Crippen LogP contribution in [0.3, 0.4) is 0 Å². The molecule has 0 saturated heterocycles. The predicted molar refractivity (Wildman–Crippen MR) is 78.3 cm³/mol. The van der Waals surface area contributed by atoms with Crippen LogP contribution < -0.4 is 0 Å². The minimum atomic E-state index is -1.56. The summed E-state index contributed by atoms with van der Waals surface area (Å²) in [6.07, 6.45) is 0.459. The molecule has 0 heterocycles. The Kier molecular flexibility index (Phi) is 2.81. The van der Waals surface area contributed by atoms with Gasteiger partial charge in [-0.3, -0.25) is 9.59 Å². The first-order valence-electron chi connectivity index (χ1n) is 7.30. The number of carbonyl (C=O) groups excluding carboxylic acids is 2. The average Bonchev–Trinajstić information content (AvgIpc) is 3.10. The van der Waals surface area contributed by atoms with Crippen LogP contribution in [0.4, 0.5) is 0 Å². The van der Waals surface area contributed by atoms with Crippen LogP contribution >= 0.6 is 0 Å². The van der Waals surface area contributed by atoms with Crippen molar-refractivity contribution in [3.8, 4) is 12.1 Å². The van der Waals surface area contributed by atoms with Gasteiger partial charge in [0.05, 0.1) is 12.1 Å². The molecule has 0 bridgehead atoms. The van der Waals surface area contributed by atoms with E-state index in [1.165, 1.54) is 0 Å². The van der Waals surface area contributed by atoms with Crippen molar-refractivity contribution < 1.29 is 9.59 Å². The Hall–Kier alpha value is -2.46. The third-order valence-electron chi connectivity index (χ3n) is 5.05. The number of benzene rings is 1. The maximum Gasteiger partial charge on any atom is 0.172 e. The van der Waals surface area contributed by atoms with Gasteiger partial charge in [-0.2, -0.15) is 10.5 Å². The molecule has 0 aromatic heterocycles. The second-order valence-electron chi connectivity index (χ2n) is 7.05. The summed E-state index contributed by atoms with van der Waals surface area (Å²) in [5, 5.41) is 19.2. The van der Waals surface area contributed by atoms with Gasteiger partial charge in [-0.05, 0) is 11.0 Å². The topological polar surface area (TPSA) is 81.7 Å². The molecule has 1 spiro atoms. The molecule has 2 fully saturated rings. The zero-order valence-corrected chi connectivity index (χ0v) is 12.6. The standard InChI is InChI=1S/C18H16N2O2/c1-16(2)8-13(21)18(14(22)9-16)15(17(18,10-19)11-20)12-6-4-3-5-7-12/h3-7,15H,8-9H2,1-2H3. The van der Waals surface area contributed by atoms with E-state index in [-0.39, 0.29) is 24.4 Å². The highest BCUT2D eigenvalue weighted by molar-refractivity contribution is 6.16. The highest BCUT2D eigenvalue weighted by atomic mass is 16.2. The van der Waals surface area contributed by atoms with Gasteiger partial charge in [0.2, 0.25) is 0 Å². The third-order valence-corrected chi connectivity index (χ3v) is 5.05. The summed E-state index contributed by atoms with van der Waals surface area (Å²) >= 11 is 0. The van der Waals surface area contributed by atoms with E-state index in [2.05, 4.69) is 0 Å². The van der Waals surface area contributed by atoms with Gasteiger partial charge in [0.25, 0.3) is 0 Å². The maximum absolute atomic E-state index is 12.8. The fourth-order valence-corrected chi connectivity index (χ4v) is 4.08. The lowest BCUT2D eigenvalue weighted by molar-refractivity contribution is -0.142. The predicted octanol–water partition coefficient (Wildman–Crippen LogP) is 2.76. The molecule has 4 heteroatoms. The summed E-state index contributed by atoms with van der Waals surface area (Å²) in [4.78, 5) is 25.6. The molecular formula is C18H16N2O2. The highest BCUT2D eigenvalue weighted by Crippen LogP contribution is 2.77. The monoisotopic (exact) mass is 292 g/mol. The van der Waals surface area contributed by atoms with E-state index < -0.39 is 22.2 Å². The zero-order valence-electron chi connectivity index (χ0n) is 12.6. The first kappa shape index (κ1) is 14.5. The van der Waals surface area contributed by atoms with Crippen molar-refractivity contribution >= 4 is 11.6 Å². The Morgan fingerprint density at radius 3 is 1.95 bits per heavy atom. The molecule has 2 saturated carbocycles. The summed E-state index contributed by atoms with van der Waals surface area (Å²) in [5.74, 6) is -1.16. The number of rotatable bonds is 1. The van der Waals surface area contributed by atoms with Crippen LogP contribution in [-0.4, -0.2) is 11.6 Å². The number of hydrogen-bond acceptors (Lipinski definition) is 4. The van der Waals surface area contributed by atoms with E-state index in [0.29, 0.717) is 5.56 Å². The van der Waals surface area contributed by atoms with Crippen molar-refractivity contribution in [1.29, 1.82) is 10.5 Å². The van der Waals surface area contributed by atoms with Crippen LogP contribution in [0, 0.1) is 38.9 Å². The molecule has 2 aliphatic rings. The van der Waals surface area contributed by atoms with Crippen LogP contribution in [0.2, 0.25) is 0 Å². The molecule has 2 aliphatic carbocycles. The molecule has 1 atom stereocenters. The van der Waals surface area contributed by atoms with Gasteiger partial charge < -0.3 is 0 Å². The van der Waals surface area contributed by atoms with E-state index in [0.717, 1.165) is 0 Å². The van der Waals surface area contributed by atoms with Gasteiger partial charge in [-0.15, -0.1) is 0 Å². The summed E-state index contributed by atoms with van der Waals surface area (Å²) in [7, 11) is 0. The van der Waals surface area contributed by atoms with E-state index >= 15 is 0 Å². The zero-order chi connectivity index (χ0) is 16.2. The fraction of sp³-hybridized carbons (Fsp3) is 0.444. The van der Waals surface area contributed by atoms with Crippen LogP contribution in [0.1, 0.15) is 38.2 Å². The van der Waals surface area contributed by atoms with Crippen molar-refractivity contribution in [3.05, 3.63) is 35.9 Å². The first-order chi connectivity index (χ1) is 10.4. The van der Waals surface area contributed by atoms with Gasteiger partial charge in [0, 0.05) is 18.8 Å². The van der Waals surface area contributed by atoms with Crippen LogP contribution in [0.5, 0.6) is 0 Å². The van der Waals surface area contributed by atoms with Gasteiger partial charge >= 0.3 is 0 Å². The fourth-order valence-electron chi connectivity index (χ4n) is 4.08. The minimum Gasteiger partial charge on any atom is -0.298 e. The Balaban J connectivity index is 2.17. The molecular weight excluding hydrogens is 276 g/mol. The molecule has 4 nitrogen and oxygen atoms in total. The maximum atomic E-state index is 12.8. The summed E-state index contributed by atoms with van der Waals surface area (Å²) < 4.78 is 0. The van der Waals surface area contributed by atoms with Crippen molar-refractivity contribution in [2.75, 3.05) is 0 Å². The van der Waals surface area contributed by atoms with Gasteiger partial charge in [0.1, 0.15) is 17.0 Å². The molecule has 1 aromatic rings. The number of carbonyl (C=O) groups is 2. The number of hydrogen-bond donors (Lipinski definition) is 0. The molecule has 3 rings (SSSR count). The molecule has 0 amide bonds. The molecule has 22 heavy (non-hydrogen) atoms. The number of Topliss-reactive ketones (excluding diaryl/α,β-unsaturated/α-hetero) is 2. The number of nitrogens with zero attached hydrogens (tertiary/aromatic N) is 2. The number of nitriles is 2. The molecule has 1 unspecified atom stereocenters. The lowest BCUT2D eigenvalue weighted by Gasteiger charge is -2.33. The highest BCUT2D eigenvalue weighted by Gasteiger charge is 2.86. The van der Waals surface area contributed by atoms with Gasteiger partial charge in [-0.25, -0.2) is 0 Å². The Labute approximate surface area is 129 Å². The number of ketones is 2. The van der Waals surface area contributed by atoms with E-state index in [1.807, 2.05) is 32.1 Å². The van der Waals surface area contributed by atoms with E-state index in [4.69, 9.17) is 0 Å². The quantitative estimate of drug-likeness (QED) is 0.745. The van der Waals surface area contributed by atoms with Crippen molar-refractivity contribution in [2.45, 2.75) is 32.6 Å². The lowest BCUT2D eigenvalue weighted by Crippen LogP contribution is -2.42. The molecule has 0 radical (unpaired) electrons. The minimum absolute atomic E-state index is 0.229. The van der Waals surface area contributed by atoms with Crippen LogP contribution in [0.15, 0.2) is 30.3 Å². The average molecular weight is 292 g/mol. The van der Waals surface area contributed by atoms with E-state index in [9.17, 15) is 20.1 Å². The van der Waals surface area contributed by atoms with Gasteiger partial charge in [-0.1, -0.05) is 44.2 Å². The second kappa shape index (κ2) is 4.27.